The minimum atomic E-state index is -0.348. The zero-order valence-electron chi connectivity index (χ0n) is 7.11. The molecule has 1 aromatic carbocycles. The fraction of sp³-hybridized carbons (Fsp3) is 0. The van der Waals surface area contributed by atoms with Gasteiger partial charge < -0.3 is 11.5 Å². The summed E-state index contributed by atoms with van der Waals surface area (Å²) in [6, 6.07) is 4.23. The highest BCUT2D eigenvalue weighted by Crippen LogP contribution is 2.15. The molecule has 6 heteroatoms. The summed E-state index contributed by atoms with van der Waals surface area (Å²) in [5.74, 6) is -0.492. The monoisotopic (exact) mass is 258 g/mol. The molecule has 0 saturated carbocycles. The minimum Gasteiger partial charge on any atom is -0.369 e. The van der Waals surface area contributed by atoms with Crippen molar-refractivity contribution in [2.75, 3.05) is 0 Å². The topological polar surface area (TPSA) is 76.8 Å². The van der Waals surface area contributed by atoms with E-state index in [9.17, 15) is 4.39 Å². The Morgan fingerprint density at radius 3 is 2.79 bits per heavy atom. The van der Waals surface area contributed by atoms with Gasteiger partial charge in [-0.2, -0.15) is 5.10 Å². The lowest BCUT2D eigenvalue weighted by Gasteiger charge is -1.96. The molecule has 0 unspecified atom stereocenters. The Labute approximate surface area is 88.6 Å². The summed E-state index contributed by atoms with van der Waals surface area (Å²) in [5, 5.41) is 6.95. The molecule has 0 spiro atoms. The van der Waals surface area contributed by atoms with E-state index < -0.39 is 0 Å². The number of nitrogens with zero attached hydrogens (tertiary/aromatic N) is 2. The maximum Gasteiger partial charge on any atom is 0.211 e. The van der Waals surface area contributed by atoms with Crippen LogP contribution >= 0.6 is 15.9 Å². The van der Waals surface area contributed by atoms with Crippen molar-refractivity contribution in [1.29, 1.82) is 0 Å². The van der Waals surface area contributed by atoms with Crippen molar-refractivity contribution in [3.8, 4) is 0 Å². The standard InChI is InChI=1S/C8H8BrFN4/c9-7-2-1-6(10)3-5(7)4-13-14-8(11)12/h1-4H,(H4,11,12,14)/b13-4+. The minimum absolute atomic E-state index is 0.145. The Hall–Kier alpha value is -1.43. The van der Waals surface area contributed by atoms with Gasteiger partial charge in [0.25, 0.3) is 0 Å². The largest absolute Gasteiger partial charge is 0.369 e. The van der Waals surface area contributed by atoms with E-state index in [2.05, 4.69) is 26.1 Å². The first kappa shape index (κ1) is 10.6. The summed E-state index contributed by atoms with van der Waals surface area (Å²) in [5.41, 5.74) is 10.7. The third kappa shape index (κ3) is 3.14. The fourth-order valence-electron chi connectivity index (χ4n) is 0.771. The van der Waals surface area contributed by atoms with E-state index in [4.69, 9.17) is 11.5 Å². The van der Waals surface area contributed by atoms with E-state index in [1.165, 1.54) is 18.3 Å². The summed E-state index contributed by atoms with van der Waals surface area (Å²) in [4.78, 5) is 0. The van der Waals surface area contributed by atoms with Gasteiger partial charge in [-0.3, -0.25) is 0 Å². The van der Waals surface area contributed by atoms with Crippen molar-refractivity contribution < 1.29 is 4.39 Å². The van der Waals surface area contributed by atoms with Gasteiger partial charge in [-0.05, 0) is 18.2 Å². The molecule has 0 radical (unpaired) electrons. The summed E-state index contributed by atoms with van der Waals surface area (Å²) in [7, 11) is 0. The summed E-state index contributed by atoms with van der Waals surface area (Å²) < 4.78 is 13.5. The molecule has 0 aliphatic heterocycles. The van der Waals surface area contributed by atoms with Crippen molar-refractivity contribution in [2.24, 2.45) is 21.7 Å². The Morgan fingerprint density at radius 2 is 2.14 bits per heavy atom. The number of benzene rings is 1. The second-order valence-electron chi connectivity index (χ2n) is 2.44. The second kappa shape index (κ2) is 4.71. The molecule has 0 aliphatic carbocycles. The van der Waals surface area contributed by atoms with Gasteiger partial charge in [0.15, 0.2) is 0 Å². The molecule has 0 aromatic heterocycles. The Bertz CT molecular complexity index is 385. The van der Waals surface area contributed by atoms with E-state index in [1.54, 1.807) is 6.07 Å². The highest BCUT2D eigenvalue weighted by Gasteiger charge is 1.97. The molecule has 0 amide bonds. The lowest BCUT2D eigenvalue weighted by atomic mass is 10.2. The van der Waals surface area contributed by atoms with Gasteiger partial charge >= 0.3 is 0 Å². The Balaban J connectivity index is 2.91. The van der Waals surface area contributed by atoms with Crippen LogP contribution in [0.15, 0.2) is 32.9 Å². The van der Waals surface area contributed by atoms with Crippen LogP contribution in [0, 0.1) is 5.82 Å². The number of nitrogens with two attached hydrogens (primary N) is 2. The third-order valence-corrected chi connectivity index (χ3v) is 2.05. The van der Waals surface area contributed by atoms with Crippen LogP contribution in [0.3, 0.4) is 0 Å². The zero-order valence-corrected chi connectivity index (χ0v) is 8.70. The van der Waals surface area contributed by atoms with Crippen LogP contribution in [-0.4, -0.2) is 12.2 Å². The van der Waals surface area contributed by atoms with Crippen LogP contribution < -0.4 is 11.5 Å². The van der Waals surface area contributed by atoms with Crippen LogP contribution in [0.25, 0.3) is 0 Å². The quantitative estimate of drug-likeness (QED) is 0.475. The molecule has 0 aliphatic rings. The van der Waals surface area contributed by atoms with E-state index in [0.29, 0.717) is 10.0 Å². The second-order valence-corrected chi connectivity index (χ2v) is 3.29. The van der Waals surface area contributed by atoms with Crippen molar-refractivity contribution in [3.05, 3.63) is 34.1 Å². The molecule has 0 fully saturated rings. The molecule has 0 bridgehead atoms. The van der Waals surface area contributed by atoms with Crippen LogP contribution in [-0.2, 0) is 0 Å². The highest BCUT2D eigenvalue weighted by atomic mass is 79.9. The van der Waals surface area contributed by atoms with Crippen molar-refractivity contribution >= 4 is 28.1 Å². The van der Waals surface area contributed by atoms with Crippen molar-refractivity contribution in [3.63, 3.8) is 0 Å². The van der Waals surface area contributed by atoms with Crippen molar-refractivity contribution in [2.45, 2.75) is 0 Å². The van der Waals surface area contributed by atoms with Crippen molar-refractivity contribution in [1.82, 2.24) is 0 Å². The van der Waals surface area contributed by atoms with Gasteiger partial charge in [-0.1, -0.05) is 15.9 Å². The van der Waals surface area contributed by atoms with E-state index in [-0.39, 0.29) is 11.8 Å². The molecule has 1 rings (SSSR count). The molecule has 0 heterocycles. The van der Waals surface area contributed by atoms with Gasteiger partial charge in [0.05, 0.1) is 6.21 Å². The predicted octanol–water partition coefficient (Wildman–Crippen LogP) is 1.20. The number of rotatable bonds is 2. The Kier molecular flexibility index (Phi) is 3.58. The first-order chi connectivity index (χ1) is 6.59. The van der Waals surface area contributed by atoms with Gasteiger partial charge in [0.2, 0.25) is 5.96 Å². The van der Waals surface area contributed by atoms with Crippen LogP contribution in [0.1, 0.15) is 5.56 Å². The summed E-state index contributed by atoms with van der Waals surface area (Å²) in [6.07, 6.45) is 1.35. The SMILES string of the molecule is NC(N)=N/N=C/c1cc(F)ccc1Br. The molecule has 0 saturated heterocycles. The molecule has 4 nitrogen and oxygen atoms in total. The fourth-order valence-corrected chi connectivity index (χ4v) is 1.12. The first-order valence-electron chi connectivity index (χ1n) is 3.66. The maximum absolute atomic E-state index is 12.8. The lowest BCUT2D eigenvalue weighted by Crippen LogP contribution is -2.21. The number of halogens is 2. The highest BCUT2D eigenvalue weighted by molar-refractivity contribution is 9.10. The molecule has 4 N–H and O–H groups in total. The predicted molar refractivity (Wildman–Crippen MR) is 57.5 cm³/mol. The molecule has 1 aromatic rings. The molecule has 0 atom stereocenters. The zero-order chi connectivity index (χ0) is 10.6. The average molecular weight is 259 g/mol. The molecular formula is C8H8BrFN4. The molecular weight excluding hydrogens is 251 g/mol. The van der Waals surface area contributed by atoms with Gasteiger partial charge in [0, 0.05) is 10.0 Å². The van der Waals surface area contributed by atoms with E-state index in [0.717, 1.165) is 0 Å². The third-order valence-electron chi connectivity index (χ3n) is 1.33. The van der Waals surface area contributed by atoms with Gasteiger partial charge in [0.1, 0.15) is 5.82 Å². The lowest BCUT2D eigenvalue weighted by molar-refractivity contribution is 0.627. The van der Waals surface area contributed by atoms with Crippen LogP contribution in [0.2, 0.25) is 0 Å². The number of hydrogen-bond acceptors (Lipinski definition) is 2. The van der Waals surface area contributed by atoms with Gasteiger partial charge in [-0.15, -0.1) is 5.10 Å². The number of hydrogen-bond donors (Lipinski definition) is 2. The summed E-state index contributed by atoms with van der Waals surface area (Å²) in [6.45, 7) is 0. The molecule has 14 heavy (non-hydrogen) atoms. The average Bonchev–Trinajstić information content (AvgIpc) is 2.10. The molecule has 74 valence electrons. The van der Waals surface area contributed by atoms with E-state index in [1.807, 2.05) is 0 Å². The first-order valence-corrected chi connectivity index (χ1v) is 4.46. The van der Waals surface area contributed by atoms with Gasteiger partial charge in [-0.25, -0.2) is 4.39 Å². The smallest absolute Gasteiger partial charge is 0.211 e. The Morgan fingerprint density at radius 1 is 1.43 bits per heavy atom. The maximum atomic E-state index is 12.8. The summed E-state index contributed by atoms with van der Waals surface area (Å²) >= 11 is 3.23. The van der Waals surface area contributed by atoms with Crippen LogP contribution in [0.4, 0.5) is 4.39 Å². The van der Waals surface area contributed by atoms with Crippen LogP contribution in [0.5, 0.6) is 0 Å². The normalized spacial score (nSPS) is 10.4. The number of guanidine groups is 1. The van der Waals surface area contributed by atoms with E-state index >= 15 is 0 Å².